The molecule has 0 saturated carbocycles. The Hall–Kier alpha value is -1.25. The van der Waals surface area contributed by atoms with Crippen LogP contribution in [-0.2, 0) is 15.8 Å². The Morgan fingerprint density at radius 2 is 2.04 bits per heavy atom. The number of halogens is 3. The van der Waals surface area contributed by atoms with E-state index in [1.807, 2.05) is 0 Å². The number of carboxylic acid groups (broad SMARTS) is 1. The highest BCUT2D eigenvalue weighted by molar-refractivity contribution is 7.84. The lowest BCUT2D eigenvalue weighted by Gasteiger charge is -2.25. The summed E-state index contributed by atoms with van der Waals surface area (Å²) in [6.45, 7) is 2.02. The summed E-state index contributed by atoms with van der Waals surface area (Å²) in [6, 6.07) is 2.89. The zero-order valence-corrected chi connectivity index (χ0v) is 14.4. The van der Waals surface area contributed by atoms with Crippen LogP contribution in [0.2, 0.25) is 5.02 Å². The van der Waals surface area contributed by atoms with Crippen LogP contribution < -0.4 is 9.46 Å². The van der Waals surface area contributed by atoms with Crippen molar-refractivity contribution in [2.24, 2.45) is 0 Å². The van der Waals surface area contributed by atoms with Gasteiger partial charge in [-0.15, -0.1) is 0 Å². The molecule has 5 nitrogen and oxygen atoms in total. The van der Waals surface area contributed by atoms with Gasteiger partial charge in [0, 0.05) is 10.6 Å². The van der Waals surface area contributed by atoms with Gasteiger partial charge >= 0.3 is 12.6 Å². The molecule has 1 rings (SSSR count). The van der Waals surface area contributed by atoms with E-state index in [1.54, 1.807) is 20.8 Å². The van der Waals surface area contributed by atoms with Crippen LogP contribution in [-0.4, -0.2) is 26.6 Å². The molecule has 0 aliphatic rings. The van der Waals surface area contributed by atoms with Crippen LogP contribution >= 0.6 is 11.6 Å². The average Bonchev–Trinajstić information content (AvgIpc) is 2.37. The molecule has 0 aliphatic heterocycles. The van der Waals surface area contributed by atoms with Crippen molar-refractivity contribution in [3.8, 4) is 5.75 Å². The smallest absolute Gasteiger partial charge is 0.387 e. The molecule has 0 spiro atoms. The third-order valence-corrected chi connectivity index (χ3v) is 4.59. The van der Waals surface area contributed by atoms with Crippen molar-refractivity contribution in [1.29, 1.82) is 0 Å². The number of rotatable bonds is 7. The van der Waals surface area contributed by atoms with Gasteiger partial charge in [0.15, 0.2) is 0 Å². The molecule has 2 N–H and O–H groups in total. The summed E-state index contributed by atoms with van der Waals surface area (Å²) in [5.74, 6) is -1.40. The predicted molar refractivity (Wildman–Crippen MR) is 84.1 cm³/mol. The second-order valence-electron chi connectivity index (χ2n) is 5.71. The van der Waals surface area contributed by atoms with Crippen LogP contribution in [0.3, 0.4) is 0 Å². The Bertz CT molecular complexity index is 593. The number of alkyl halides is 2. The third kappa shape index (κ3) is 6.40. The van der Waals surface area contributed by atoms with E-state index < -0.39 is 40.8 Å². The van der Waals surface area contributed by atoms with E-state index in [0.717, 1.165) is 0 Å². The fourth-order valence-corrected chi connectivity index (χ4v) is 2.69. The van der Waals surface area contributed by atoms with E-state index in [4.69, 9.17) is 16.7 Å². The topological polar surface area (TPSA) is 75.6 Å². The van der Waals surface area contributed by atoms with E-state index in [0.29, 0.717) is 0 Å². The standard InChI is InChI=1S/C14H18ClF2NO4S/c1-14(2,3)23(21)18-10(7-12(19)20)9-6-8(15)4-5-11(9)22-13(16)17/h4-6,10,13,18H,7H2,1-3H3,(H,19,20)/t10-,23?/m1/s1. The molecule has 9 heteroatoms. The zero-order valence-electron chi connectivity index (χ0n) is 12.8. The second kappa shape index (κ2) is 8.03. The van der Waals surface area contributed by atoms with Crippen LogP contribution in [0.25, 0.3) is 0 Å². The van der Waals surface area contributed by atoms with Crippen LogP contribution in [0.15, 0.2) is 18.2 Å². The Labute approximate surface area is 140 Å². The molecule has 1 aromatic rings. The normalized spacial score (nSPS) is 14.6. The molecule has 0 radical (unpaired) electrons. The number of ether oxygens (including phenoxy) is 1. The lowest BCUT2D eigenvalue weighted by molar-refractivity contribution is -0.137. The molecule has 0 aromatic heterocycles. The van der Waals surface area contributed by atoms with E-state index in [-0.39, 0.29) is 16.3 Å². The Kier molecular flexibility index (Phi) is 6.91. The van der Waals surface area contributed by atoms with Gasteiger partial charge in [0.1, 0.15) is 5.75 Å². The van der Waals surface area contributed by atoms with Gasteiger partial charge in [0.05, 0.1) is 28.2 Å². The minimum Gasteiger partial charge on any atom is -0.481 e. The molecular formula is C14H18ClF2NO4S. The maximum absolute atomic E-state index is 12.5. The Morgan fingerprint density at radius 3 is 2.52 bits per heavy atom. The first kappa shape index (κ1) is 19.8. The van der Waals surface area contributed by atoms with Crippen LogP contribution in [0.5, 0.6) is 5.75 Å². The van der Waals surface area contributed by atoms with Crippen molar-refractivity contribution in [1.82, 2.24) is 4.72 Å². The summed E-state index contributed by atoms with van der Waals surface area (Å²) >= 11 is 5.87. The highest BCUT2D eigenvalue weighted by Crippen LogP contribution is 2.32. The molecule has 2 atom stereocenters. The summed E-state index contributed by atoms with van der Waals surface area (Å²) in [5, 5.41) is 9.26. The van der Waals surface area contributed by atoms with Gasteiger partial charge in [-0.2, -0.15) is 8.78 Å². The number of benzene rings is 1. The van der Waals surface area contributed by atoms with Gasteiger partial charge in [-0.1, -0.05) is 11.6 Å². The first-order valence-corrected chi connectivity index (χ1v) is 8.17. The lowest BCUT2D eigenvalue weighted by atomic mass is 10.0. The fourth-order valence-electron chi connectivity index (χ4n) is 1.69. The molecule has 0 saturated heterocycles. The van der Waals surface area contributed by atoms with Crippen molar-refractivity contribution < 1.29 is 27.6 Å². The summed E-state index contributed by atoms with van der Waals surface area (Å²) in [4.78, 5) is 11.1. The van der Waals surface area contributed by atoms with Crippen molar-refractivity contribution in [2.75, 3.05) is 0 Å². The molecule has 130 valence electrons. The van der Waals surface area contributed by atoms with Gasteiger partial charge < -0.3 is 9.84 Å². The molecule has 0 bridgehead atoms. The van der Waals surface area contributed by atoms with Gasteiger partial charge in [0.25, 0.3) is 0 Å². The van der Waals surface area contributed by atoms with Crippen LogP contribution in [0.1, 0.15) is 38.8 Å². The fraction of sp³-hybridized carbons (Fsp3) is 0.500. The molecule has 0 amide bonds. The van der Waals surface area contributed by atoms with E-state index in [9.17, 15) is 17.8 Å². The highest BCUT2D eigenvalue weighted by atomic mass is 35.5. The molecule has 0 heterocycles. The number of hydrogen-bond donors (Lipinski definition) is 2. The average molecular weight is 370 g/mol. The number of hydrogen-bond acceptors (Lipinski definition) is 3. The number of nitrogens with one attached hydrogen (secondary N) is 1. The maximum Gasteiger partial charge on any atom is 0.387 e. The largest absolute Gasteiger partial charge is 0.481 e. The predicted octanol–water partition coefficient (Wildman–Crippen LogP) is 3.51. The number of carbonyl (C=O) groups is 1. The second-order valence-corrected chi connectivity index (χ2v) is 8.14. The highest BCUT2D eigenvalue weighted by Gasteiger charge is 2.27. The van der Waals surface area contributed by atoms with Crippen molar-refractivity contribution in [2.45, 2.75) is 44.6 Å². The lowest BCUT2D eigenvalue weighted by Crippen LogP contribution is -2.36. The summed E-state index contributed by atoms with van der Waals surface area (Å²) in [6.07, 6.45) is -0.470. The van der Waals surface area contributed by atoms with Gasteiger partial charge in [-0.3, -0.25) is 4.79 Å². The zero-order chi connectivity index (χ0) is 17.8. The van der Waals surface area contributed by atoms with Gasteiger partial charge in [0.2, 0.25) is 0 Å². The Morgan fingerprint density at radius 1 is 1.43 bits per heavy atom. The minimum atomic E-state index is -3.08. The summed E-state index contributed by atoms with van der Waals surface area (Å²) in [7, 11) is -1.61. The summed E-state index contributed by atoms with van der Waals surface area (Å²) in [5.41, 5.74) is 0.109. The van der Waals surface area contributed by atoms with E-state index >= 15 is 0 Å². The SMILES string of the molecule is CC(C)(C)S(=O)N[C@H](CC(=O)O)c1cc(Cl)ccc1OC(F)F. The maximum atomic E-state index is 12.5. The number of carboxylic acids is 1. The molecule has 0 aliphatic carbocycles. The van der Waals surface area contributed by atoms with Crippen molar-refractivity contribution >= 4 is 28.6 Å². The van der Waals surface area contributed by atoms with E-state index in [2.05, 4.69) is 9.46 Å². The monoisotopic (exact) mass is 369 g/mol. The minimum absolute atomic E-state index is 0.109. The molecule has 1 unspecified atom stereocenters. The Balaban J connectivity index is 3.22. The van der Waals surface area contributed by atoms with Crippen LogP contribution in [0.4, 0.5) is 8.78 Å². The molecule has 1 aromatic carbocycles. The third-order valence-electron chi connectivity index (χ3n) is 2.75. The summed E-state index contributed by atoms with van der Waals surface area (Å²) < 4.78 is 43.7. The van der Waals surface area contributed by atoms with Gasteiger partial charge in [-0.05, 0) is 39.0 Å². The number of aliphatic carboxylic acids is 1. The van der Waals surface area contributed by atoms with Gasteiger partial charge in [-0.25, -0.2) is 8.93 Å². The molecule has 0 fully saturated rings. The first-order chi connectivity index (χ1) is 10.5. The first-order valence-electron chi connectivity index (χ1n) is 6.65. The molecule has 23 heavy (non-hydrogen) atoms. The van der Waals surface area contributed by atoms with Crippen molar-refractivity contribution in [3.05, 3.63) is 28.8 Å². The molecular weight excluding hydrogens is 352 g/mol. The van der Waals surface area contributed by atoms with Crippen molar-refractivity contribution in [3.63, 3.8) is 0 Å². The van der Waals surface area contributed by atoms with E-state index in [1.165, 1.54) is 18.2 Å². The van der Waals surface area contributed by atoms with Crippen LogP contribution in [0, 0.1) is 0 Å². The quantitative estimate of drug-likeness (QED) is 0.771.